The lowest BCUT2D eigenvalue weighted by Crippen LogP contribution is -2.41. The first-order valence-electron chi connectivity index (χ1n) is 9.72. The molecule has 3 fully saturated rings. The van der Waals surface area contributed by atoms with E-state index in [1.54, 1.807) is 0 Å². The standard InChI is InChI=1S/C19H29N3O2/c1-19(10-11-19)9-8-16-20-18(21-24-16)15-6-7-17(23)22(13-15)12-14-4-2-3-5-14/h14-15H,2-13H2,1H3. The van der Waals surface area contributed by atoms with Crippen LogP contribution in [0.1, 0.15) is 82.3 Å². The Morgan fingerprint density at radius 3 is 2.79 bits per heavy atom. The number of piperidine rings is 1. The maximum absolute atomic E-state index is 12.2. The van der Waals surface area contributed by atoms with Gasteiger partial charge in [-0.05, 0) is 49.9 Å². The largest absolute Gasteiger partial charge is 0.342 e. The summed E-state index contributed by atoms with van der Waals surface area (Å²) in [5, 5.41) is 4.23. The van der Waals surface area contributed by atoms with Crippen molar-refractivity contribution < 1.29 is 9.32 Å². The van der Waals surface area contributed by atoms with Crippen LogP contribution in [0.3, 0.4) is 0 Å². The molecular formula is C19H29N3O2. The van der Waals surface area contributed by atoms with Crippen molar-refractivity contribution in [2.24, 2.45) is 11.3 Å². The highest BCUT2D eigenvalue weighted by atomic mass is 16.5. The normalized spacial score (nSPS) is 27.0. The number of rotatable bonds is 6. The van der Waals surface area contributed by atoms with Crippen molar-refractivity contribution >= 4 is 5.91 Å². The topological polar surface area (TPSA) is 59.2 Å². The van der Waals surface area contributed by atoms with E-state index >= 15 is 0 Å². The molecule has 0 radical (unpaired) electrons. The van der Waals surface area contributed by atoms with Crippen LogP contribution in [0, 0.1) is 11.3 Å². The SMILES string of the molecule is CC1(CCc2nc(C3CCC(=O)N(CC4CCCC4)C3)no2)CC1. The molecule has 1 unspecified atom stereocenters. The molecule has 5 heteroatoms. The second-order valence-electron chi connectivity index (χ2n) is 8.54. The molecule has 3 aliphatic rings. The van der Waals surface area contributed by atoms with Gasteiger partial charge in [0, 0.05) is 31.8 Å². The van der Waals surface area contributed by atoms with E-state index in [9.17, 15) is 4.79 Å². The zero-order chi connectivity index (χ0) is 16.6. The van der Waals surface area contributed by atoms with Crippen molar-refractivity contribution in [1.82, 2.24) is 15.0 Å². The number of aryl methyl sites for hydroxylation is 1. The maximum atomic E-state index is 12.2. The highest BCUT2D eigenvalue weighted by Gasteiger charge is 2.37. The Labute approximate surface area is 144 Å². The van der Waals surface area contributed by atoms with Crippen LogP contribution in [0.2, 0.25) is 0 Å². The molecule has 132 valence electrons. The number of aromatic nitrogens is 2. The minimum Gasteiger partial charge on any atom is -0.342 e. The van der Waals surface area contributed by atoms with Crippen LogP contribution in [-0.4, -0.2) is 34.0 Å². The molecule has 1 aromatic rings. The quantitative estimate of drug-likeness (QED) is 0.797. The predicted molar refractivity (Wildman–Crippen MR) is 90.5 cm³/mol. The first-order valence-corrected chi connectivity index (χ1v) is 9.72. The summed E-state index contributed by atoms with van der Waals surface area (Å²) in [5.74, 6) is 2.85. The first-order chi connectivity index (χ1) is 11.6. The van der Waals surface area contributed by atoms with Gasteiger partial charge in [-0.15, -0.1) is 0 Å². The fourth-order valence-corrected chi connectivity index (χ4v) is 4.21. The summed E-state index contributed by atoms with van der Waals surface area (Å²) < 4.78 is 5.47. The van der Waals surface area contributed by atoms with Gasteiger partial charge in [-0.2, -0.15) is 4.98 Å². The van der Waals surface area contributed by atoms with Crippen LogP contribution < -0.4 is 0 Å². The zero-order valence-electron chi connectivity index (χ0n) is 14.8. The van der Waals surface area contributed by atoms with Crippen LogP contribution >= 0.6 is 0 Å². The fourth-order valence-electron chi connectivity index (χ4n) is 4.21. The van der Waals surface area contributed by atoms with Crippen molar-refractivity contribution in [2.75, 3.05) is 13.1 Å². The Balaban J connectivity index is 1.34. The second kappa shape index (κ2) is 6.49. The van der Waals surface area contributed by atoms with E-state index in [1.807, 2.05) is 0 Å². The third-order valence-electron chi connectivity index (χ3n) is 6.35. The molecule has 0 bridgehead atoms. The van der Waals surface area contributed by atoms with Gasteiger partial charge in [0.25, 0.3) is 0 Å². The lowest BCUT2D eigenvalue weighted by atomic mass is 9.95. The summed E-state index contributed by atoms with van der Waals surface area (Å²) in [7, 11) is 0. The average Bonchev–Trinajstić information content (AvgIpc) is 2.98. The van der Waals surface area contributed by atoms with Crippen molar-refractivity contribution in [3.63, 3.8) is 0 Å². The molecule has 0 N–H and O–H groups in total. The van der Waals surface area contributed by atoms with E-state index in [2.05, 4.69) is 22.0 Å². The van der Waals surface area contributed by atoms with Crippen LogP contribution in [0.15, 0.2) is 4.52 Å². The van der Waals surface area contributed by atoms with Crippen LogP contribution in [0.4, 0.5) is 0 Å². The van der Waals surface area contributed by atoms with Gasteiger partial charge in [0.15, 0.2) is 5.82 Å². The Hall–Kier alpha value is -1.39. The third-order valence-corrected chi connectivity index (χ3v) is 6.35. The van der Waals surface area contributed by atoms with Gasteiger partial charge in [0.05, 0.1) is 0 Å². The van der Waals surface area contributed by atoms with Gasteiger partial charge in [0.2, 0.25) is 11.8 Å². The molecule has 0 spiro atoms. The number of hydrogen-bond acceptors (Lipinski definition) is 4. The monoisotopic (exact) mass is 331 g/mol. The molecule has 1 saturated heterocycles. The average molecular weight is 331 g/mol. The van der Waals surface area contributed by atoms with E-state index < -0.39 is 0 Å². The van der Waals surface area contributed by atoms with Crippen molar-refractivity contribution in [1.29, 1.82) is 0 Å². The lowest BCUT2D eigenvalue weighted by molar-refractivity contribution is -0.134. The smallest absolute Gasteiger partial charge is 0.226 e. The number of carbonyl (C=O) groups excluding carboxylic acids is 1. The van der Waals surface area contributed by atoms with Crippen LogP contribution in [0.5, 0.6) is 0 Å². The Bertz CT molecular complexity index is 587. The number of amides is 1. The van der Waals surface area contributed by atoms with Crippen LogP contribution in [-0.2, 0) is 11.2 Å². The predicted octanol–water partition coefficient (Wildman–Crippen LogP) is 3.70. The van der Waals surface area contributed by atoms with Gasteiger partial charge >= 0.3 is 0 Å². The van der Waals surface area contributed by atoms with E-state index in [1.165, 1.54) is 38.5 Å². The molecular weight excluding hydrogens is 302 g/mol. The summed E-state index contributed by atoms with van der Waals surface area (Å²) >= 11 is 0. The molecule has 2 heterocycles. The lowest BCUT2D eigenvalue weighted by Gasteiger charge is -2.33. The number of nitrogens with zero attached hydrogens (tertiary/aromatic N) is 3. The molecule has 1 aliphatic heterocycles. The third kappa shape index (κ3) is 3.65. The van der Waals surface area contributed by atoms with Gasteiger partial charge in [-0.1, -0.05) is 24.9 Å². The molecule has 2 saturated carbocycles. The Kier molecular flexibility index (Phi) is 4.35. The summed E-state index contributed by atoms with van der Waals surface area (Å²) in [6.07, 6.45) is 11.4. The molecule has 4 rings (SSSR count). The summed E-state index contributed by atoms with van der Waals surface area (Å²) in [4.78, 5) is 18.9. The molecule has 1 amide bonds. The van der Waals surface area contributed by atoms with Gasteiger partial charge < -0.3 is 9.42 Å². The minimum atomic E-state index is 0.248. The highest BCUT2D eigenvalue weighted by molar-refractivity contribution is 5.77. The summed E-state index contributed by atoms with van der Waals surface area (Å²) in [6.45, 7) is 4.03. The Morgan fingerprint density at radius 1 is 1.25 bits per heavy atom. The summed E-state index contributed by atoms with van der Waals surface area (Å²) in [6, 6.07) is 0. The number of hydrogen-bond donors (Lipinski definition) is 0. The fraction of sp³-hybridized carbons (Fsp3) is 0.842. The molecule has 5 nitrogen and oxygen atoms in total. The second-order valence-corrected chi connectivity index (χ2v) is 8.54. The maximum Gasteiger partial charge on any atom is 0.226 e. The van der Waals surface area contributed by atoms with Gasteiger partial charge in [0.1, 0.15) is 0 Å². The van der Waals surface area contributed by atoms with E-state index in [0.717, 1.165) is 44.1 Å². The summed E-state index contributed by atoms with van der Waals surface area (Å²) in [5.41, 5.74) is 0.518. The minimum absolute atomic E-state index is 0.248. The van der Waals surface area contributed by atoms with Gasteiger partial charge in [-0.25, -0.2) is 0 Å². The van der Waals surface area contributed by atoms with Crippen molar-refractivity contribution in [3.8, 4) is 0 Å². The zero-order valence-corrected chi connectivity index (χ0v) is 14.8. The van der Waals surface area contributed by atoms with Crippen LogP contribution in [0.25, 0.3) is 0 Å². The van der Waals surface area contributed by atoms with Gasteiger partial charge in [-0.3, -0.25) is 4.79 Å². The first kappa shape index (κ1) is 16.1. The Morgan fingerprint density at radius 2 is 2.04 bits per heavy atom. The highest BCUT2D eigenvalue weighted by Crippen LogP contribution is 2.48. The number of carbonyl (C=O) groups is 1. The van der Waals surface area contributed by atoms with Crippen molar-refractivity contribution in [2.45, 2.75) is 77.0 Å². The van der Waals surface area contributed by atoms with E-state index in [4.69, 9.17) is 4.52 Å². The van der Waals surface area contributed by atoms with E-state index in [0.29, 0.717) is 23.7 Å². The molecule has 2 aliphatic carbocycles. The van der Waals surface area contributed by atoms with E-state index in [-0.39, 0.29) is 5.92 Å². The molecule has 0 aromatic carbocycles. The number of likely N-dealkylation sites (tertiary alicyclic amines) is 1. The van der Waals surface area contributed by atoms with Crippen molar-refractivity contribution in [3.05, 3.63) is 11.7 Å². The molecule has 1 atom stereocenters. The molecule has 24 heavy (non-hydrogen) atoms. The molecule has 1 aromatic heterocycles.